The van der Waals surface area contributed by atoms with Gasteiger partial charge < -0.3 is 9.88 Å². The first-order valence-corrected chi connectivity index (χ1v) is 5.43. The summed E-state index contributed by atoms with van der Waals surface area (Å²) in [4.78, 5) is 17.2. The van der Waals surface area contributed by atoms with Gasteiger partial charge in [0.05, 0.1) is 0 Å². The van der Waals surface area contributed by atoms with Crippen LogP contribution in [-0.4, -0.2) is 22.3 Å². The molecule has 1 aromatic rings. The van der Waals surface area contributed by atoms with Crippen molar-refractivity contribution in [1.82, 2.24) is 9.88 Å². The lowest BCUT2D eigenvalue weighted by Crippen LogP contribution is -2.42. The molecule has 1 aliphatic heterocycles. The van der Waals surface area contributed by atoms with E-state index in [2.05, 4.69) is 11.1 Å². The summed E-state index contributed by atoms with van der Waals surface area (Å²) in [5.41, 5.74) is 2.28. The van der Waals surface area contributed by atoms with E-state index in [0.717, 1.165) is 19.5 Å². The largest absolute Gasteiger partial charge is 0.365 e. The van der Waals surface area contributed by atoms with E-state index >= 15 is 0 Å². The summed E-state index contributed by atoms with van der Waals surface area (Å²) in [6.07, 6.45) is 2.90. The average molecular weight is 206 g/mol. The summed E-state index contributed by atoms with van der Waals surface area (Å²) in [6.45, 7) is 7.52. The Morgan fingerprint density at radius 2 is 2.20 bits per heavy atom. The number of hydrogen-bond acceptors (Lipinski definition) is 1. The molecule has 1 N–H and O–H groups in total. The number of nitrogens with one attached hydrogen (secondary N) is 1. The maximum atomic E-state index is 12.1. The minimum Gasteiger partial charge on any atom is -0.365 e. The SMILES string of the molecule is CC(C)(C)C(=O)N1CCc2[nH]ccc2C1. The van der Waals surface area contributed by atoms with E-state index in [1.807, 2.05) is 31.9 Å². The molecule has 0 fully saturated rings. The molecule has 15 heavy (non-hydrogen) atoms. The minimum absolute atomic E-state index is 0.245. The molecule has 2 rings (SSSR count). The van der Waals surface area contributed by atoms with Crippen LogP contribution in [0.3, 0.4) is 0 Å². The molecule has 1 amide bonds. The van der Waals surface area contributed by atoms with Crippen molar-refractivity contribution < 1.29 is 4.79 Å². The Bertz CT molecular complexity index is 373. The number of carbonyl (C=O) groups is 1. The fourth-order valence-electron chi connectivity index (χ4n) is 2.00. The summed E-state index contributed by atoms with van der Waals surface area (Å²) >= 11 is 0. The first-order valence-electron chi connectivity index (χ1n) is 5.43. The maximum Gasteiger partial charge on any atom is 0.228 e. The third-order valence-electron chi connectivity index (χ3n) is 2.85. The molecule has 82 valence electrons. The van der Waals surface area contributed by atoms with E-state index in [4.69, 9.17) is 0 Å². The Balaban J connectivity index is 2.14. The van der Waals surface area contributed by atoms with Crippen molar-refractivity contribution in [3.8, 4) is 0 Å². The molecule has 0 saturated heterocycles. The molecule has 3 heteroatoms. The predicted molar refractivity (Wildman–Crippen MR) is 59.4 cm³/mol. The first-order chi connectivity index (χ1) is 6.98. The van der Waals surface area contributed by atoms with E-state index in [1.165, 1.54) is 11.3 Å². The fourth-order valence-corrected chi connectivity index (χ4v) is 2.00. The molecule has 1 aliphatic rings. The van der Waals surface area contributed by atoms with Gasteiger partial charge >= 0.3 is 0 Å². The normalized spacial score (nSPS) is 16.3. The summed E-state index contributed by atoms with van der Waals surface area (Å²) < 4.78 is 0. The number of aromatic nitrogens is 1. The quantitative estimate of drug-likeness (QED) is 0.692. The van der Waals surface area contributed by atoms with Crippen molar-refractivity contribution in [2.45, 2.75) is 33.7 Å². The number of amides is 1. The van der Waals surface area contributed by atoms with Crippen LogP contribution in [0, 0.1) is 5.41 Å². The highest BCUT2D eigenvalue weighted by atomic mass is 16.2. The molecule has 3 nitrogen and oxygen atoms in total. The summed E-state index contributed by atoms with van der Waals surface area (Å²) in [6, 6.07) is 2.07. The Morgan fingerprint density at radius 1 is 1.47 bits per heavy atom. The highest BCUT2D eigenvalue weighted by molar-refractivity contribution is 5.81. The van der Waals surface area contributed by atoms with Crippen molar-refractivity contribution >= 4 is 5.91 Å². The second-order valence-electron chi connectivity index (χ2n) is 5.21. The van der Waals surface area contributed by atoms with Crippen molar-refractivity contribution in [2.24, 2.45) is 5.41 Å². The Hall–Kier alpha value is -1.25. The number of nitrogens with zero attached hydrogens (tertiary/aromatic N) is 1. The van der Waals surface area contributed by atoms with E-state index in [-0.39, 0.29) is 11.3 Å². The second-order valence-corrected chi connectivity index (χ2v) is 5.21. The zero-order valence-corrected chi connectivity index (χ0v) is 9.63. The molecule has 0 bridgehead atoms. The van der Waals surface area contributed by atoms with Crippen LogP contribution in [0.5, 0.6) is 0 Å². The molecule has 0 unspecified atom stereocenters. The Labute approximate surface area is 90.5 Å². The van der Waals surface area contributed by atoms with Gasteiger partial charge in [0.25, 0.3) is 0 Å². The van der Waals surface area contributed by atoms with Gasteiger partial charge in [-0.2, -0.15) is 0 Å². The van der Waals surface area contributed by atoms with Crippen LogP contribution in [0.1, 0.15) is 32.0 Å². The summed E-state index contributed by atoms with van der Waals surface area (Å²) in [7, 11) is 0. The van der Waals surface area contributed by atoms with E-state index in [9.17, 15) is 4.79 Å². The van der Waals surface area contributed by atoms with Gasteiger partial charge in [-0.05, 0) is 11.6 Å². The van der Waals surface area contributed by atoms with Gasteiger partial charge in [0.1, 0.15) is 0 Å². The molecular formula is C12H18N2O. The van der Waals surface area contributed by atoms with Gasteiger partial charge in [-0.25, -0.2) is 0 Å². The van der Waals surface area contributed by atoms with Gasteiger partial charge in [-0.1, -0.05) is 20.8 Å². The standard InChI is InChI=1S/C12H18N2O/c1-12(2,3)11(15)14-7-5-10-9(8-14)4-6-13-10/h4,6,13H,5,7-8H2,1-3H3. The molecule has 0 atom stereocenters. The lowest BCUT2D eigenvalue weighted by molar-refractivity contribution is -0.140. The van der Waals surface area contributed by atoms with Gasteiger partial charge in [0.15, 0.2) is 0 Å². The molecule has 0 spiro atoms. The Kier molecular flexibility index (Phi) is 2.33. The smallest absolute Gasteiger partial charge is 0.228 e. The van der Waals surface area contributed by atoms with Crippen LogP contribution in [0.2, 0.25) is 0 Å². The topological polar surface area (TPSA) is 36.1 Å². The van der Waals surface area contributed by atoms with Crippen LogP contribution in [0.4, 0.5) is 0 Å². The molecular weight excluding hydrogens is 188 g/mol. The highest BCUT2D eigenvalue weighted by Gasteiger charge is 2.29. The van der Waals surface area contributed by atoms with E-state index in [1.54, 1.807) is 0 Å². The third kappa shape index (κ3) is 1.91. The van der Waals surface area contributed by atoms with E-state index in [0.29, 0.717) is 0 Å². The van der Waals surface area contributed by atoms with Gasteiger partial charge in [-0.15, -0.1) is 0 Å². The maximum absolute atomic E-state index is 12.1. The van der Waals surface area contributed by atoms with Crippen LogP contribution >= 0.6 is 0 Å². The number of hydrogen-bond donors (Lipinski definition) is 1. The molecule has 0 aromatic carbocycles. The number of carbonyl (C=O) groups excluding carboxylic acids is 1. The first kappa shape index (κ1) is 10.3. The lowest BCUT2D eigenvalue weighted by Gasteiger charge is -2.32. The fraction of sp³-hybridized carbons (Fsp3) is 0.583. The third-order valence-corrected chi connectivity index (χ3v) is 2.85. The van der Waals surface area contributed by atoms with Crippen LogP contribution in [-0.2, 0) is 17.8 Å². The molecule has 2 heterocycles. The highest BCUT2D eigenvalue weighted by Crippen LogP contribution is 2.23. The van der Waals surface area contributed by atoms with E-state index < -0.39 is 0 Å². The second kappa shape index (κ2) is 3.40. The summed E-state index contributed by atoms with van der Waals surface area (Å²) in [5, 5.41) is 0. The predicted octanol–water partition coefficient (Wildman–Crippen LogP) is 1.95. The number of aromatic amines is 1. The lowest BCUT2D eigenvalue weighted by atomic mass is 9.93. The zero-order chi connectivity index (χ0) is 11.1. The minimum atomic E-state index is -0.270. The van der Waals surface area contributed by atoms with Gasteiger partial charge in [0.2, 0.25) is 5.91 Å². The van der Waals surface area contributed by atoms with Gasteiger partial charge in [0, 0.05) is 36.8 Å². The van der Waals surface area contributed by atoms with Crippen LogP contribution < -0.4 is 0 Å². The molecule has 0 saturated carbocycles. The monoisotopic (exact) mass is 206 g/mol. The van der Waals surface area contributed by atoms with Crippen LogP contribution in [0.25, 0.3) is 0 Å². The van der Waals surface area contributed by atoms with Crippen molar-refractivity contribution in [3.63, 3.8) is 0 Å². The number of rotatable bonds is 0. The number of fused-ring (bicyclic) bond motifs is 1. The molecule has 1 aromatic heterocycles. The van der Waals surface area contributed by atoms with Crippen molar-refractivity contribution in [3.05, 3.63) is 23.5 Å². The van der Waals surface area contributed by atoms with Crippen molar-refractivity contribution in [1.29, 1.82) is 0 Å². The van der Waals surface area contributed by atoms with Gasteiger partial charge in [-0.3, -0.25) is 4.79 Å². The number of H-pyrrole nitrogens is 1. The van der Waals surface area contributed by atoms with Crippen LogP contribution in [0.15, 0.2) is 12.3 Å². The average Bonchev–Trinajstić information content (AvgIpc) is 2.61. The Morgan fingerprint density at radius 3 is 2.87 bits per heavy atom. The molecule has 0 aliphatic carbocycles. The summed E-state index contributed by atoms with van der Waals surface area (Å²) in [5.74, 6) is 0.245. The molecule has 0 radical (unpaired) electrons. The zero-order valence-electron chi connectivity index (χ0n) is 9.63. The van der Waals surface area contributed by atoms with Crippen molar-refractivity contribution in [2.75, 3.05) is 6.54 Å².